The van der Waals surface area contributed by atoms with E-state index in [9.17, 15) is 14.7 Å². The fourth-order valence-electron chi connectivity index (χ4n) is 4.61. The van der Waals surface area contributed by atoms with Crippen LogP contribution in [-0.2, 0) is 5.41 Å². The molecule has 0 unspecified atom stereocenters. The van der Waals surface area contributed by atoms with E-state index in [0.717, 1.165) is 6.42 Å². The maximum atomic E-state index is 12.7. The summed E-state index contributed by atoms with van der Waals surface area (Å²) in [5.41, 5.74) is 0.0434. The van der Waals surface area contributed by atoms with Crippen LogP contribution < -0.4 is 5.63 Å². The van der Waals surface area contributed by atoms with Gasteiger partial charge in [-0.3, -0.25) is 4.79 Å². The first-order valence-corrected chi connectivity index (χ1v) is 8.49. The number of hydrogen-bond acceptors (Lipinski definition) is 4. The molecular weight excluding hydrogens is 292 g/mol. The Hall–Kier alpha value is -1.42. The van der Waals surface area contributed by atoms with Crippen molar-refractivity contribution >= 4 is 5.78 Å². The molecular formula is C19H26O4. The van der Waals surface area contributed by atoms with E-state index in [4.69, 9.17) is 4.42 Å². The molecule has 0 radical (unpaired) electrons. The summed E-state index contributed by atoms with van der Waals surface area (Å²) < 4.78 is 5.71. The number of Topliss-reactive ketones (excluding diaryl/α,β-unsaturated/α-hetero) is 1. The lowest BCUT2D eigenvalue weighted by Gasteiger charge is -2.54. The predicted octanol–water partition coefficient (Wildman–Crippen LogP) is 3.40. The van der Waals surface area contributed by atoms with Crippen LogP contribution >= 0.6 is 0 Å². The highest BCUT2D eigenvalue weighted by atomic mass is 16.4. The van der Waals surface area contributed by atoms with E-state index < -0.39 is 6.10 Å². The highest BCUT2D eigenvalue weighted by molar-refractivity contribution is 5.99. The zero-order valence-electron chi connectivity index (χ0n) is 14.6. The van der Waals surface area contributed by atoms with Gasteiger partial charge in [-0.15, -0.1) is 0 Å². The number of carbonyl (C=O) groups excluding carboxylic acids is 1. The Kier molecular flexibility index (Phi) is 3.60. The first-order chi connectivity index (χ1) is 10.6. The zero-order chi connectivity index (χ0) is 17.2. The first-order valence-electron chi connectivity index (χ1n) is 8.49. The van der Waals surface area contributed by atoms with Crippen LogP contribution in [0, 0.1) is 11.3 Å². The van der Waals surface area contributed by atoms with E-state index in [1.54, 1.807) is 6.07 Å². The second kappa shape index (κ2) is 5.04. The standard InChI is InChI=1S/C19H26O4/c1-10(2)11-8-12-13(20)9-14-18(3,4)15(21)6-7-19(14,5)16(12)23-17(11)22/h8,10,14-15,21H,6-7,9H2,1-5H3/t14-,15-,19-/m0/s1. The second-order valence-corrected chi connectivity index (χ2v) is 8.36. The largest absolute Gasteiger partial charge is 0.426 e. The van der Waals surface area contributed by atoms with Crippen LogP contribution in [0.1, 0.15) is 81.5 Å². The van der Waals surface area contributed by atoms with Gasteiger partial charge >= 0.3 is 5.63 Å². The lowest BCUT2D eigenvalue weighted by atomic mass is 9.50. The van der Waals surface area contributed by atoms with E-state index in [1.165, 1.54) is 0 Å². The fraction of sp³-hybridized carbons (Fsp3) is 0.684. The lowest BCUT2D eigenvalue weighted by Crippen LogP contribution is -2.55. The third-order valence-corrected chi connectivity index (χ3v) is 6.27. The molecule has 1 aromatic rings. The summed E-state index contributed by atoms with van der Waals surface area (Å²) in [6.07, 6.45) is 1.35. The minimum absolute atomic E-state index is 0.0215. The van der Waals surface area contributed by atoms with Gasteiger partial charge in [0, 0.05) is 17.4 Å². The quantitative estimate of drug-likeness (QED) is 0.861. The van der Waals surface area contributed by atoms with Crippen molar-refractivity contribution in [2.45, 2.75) is 71.3 Å². The Morgan fingerprint density at radius 2 is 1.91 bits per heavy atom. The number of aliphatic hydroxyl groups excluding tert-OH is 1. The molecule has 3 atom stereocenters. The molecule has 1 aromatic heterocycles. The number of ketones is 1. The molecule has 23 heavy (non-hydrogen) atoms. The molecule has 2 aliphatic rings. The van der Waals surface area contributed by atoms with Crippen molar-refractivity contribution in [1.82, 2.24) is 0 Å². The van der Waals surface area contributed by atoms with Crippen LogP contribution in [0.3, 0.4) is 0 Å². The second-order valence-electron chi connectivity index (χ2n) is 8.36. The maximum absolute atomic E-state index is 12.7. The van der Waals surface area contributed by atoms with Gasteiger partial charge in [-0.25, -0.2) is 4.79 Å². The van der Waals surface area contributed by atoms with Crippen molar-refractivity contribution in [2.24, 2.45) is 11.3 Å². The summed E-state index contributed by atoms with van der Waals surface area (Å²) in [5.74, 6) is 0.565. The van der Waals surface area contributed by atoms with Crippen molar-refractivity contribution in [2.75, 3.05) is 0 Å². The van der Waals surface area contributed by atoms with Gasteiger partial charge in [0.2, 0.25) is 0 Å². The van der Waals surface area contributed by atoms with Gasteiger partial charge in [0.05, 0.1) is 11.7 Å². The maximum Gasteiger partial charge on any atom is 0.339 e. The van der Waals surface area contributed by atoms with Gasteiger partial charge in [-0.1, -0.05) is 34.6 Å². The molecule has 4 nitrogen and oxygen atoms in total. The molecule has 1 saturated carbocycles. The van der Waals surface area contributed by atoms with Crippen LogP contribution in [-0.4, -0.2) is 17.0 Å². The molecule has 1 heterocycles. The topological polar surface area (TPSA) is 67.5 Å². The van der Waals surface area contributed by atoms with Crippen LogP contribution in [0.25, 0.3) is 0 Å². The molecule has 1 fully saturated rings. The molecule has 0 spiro atoms. The van der Waals surface area contributed by atoms with Gasteiger partial charge in [-0.2, -0.15) is 0 Å². The van der Waals surface area contributed by atoms with Gasteiger partial charge in [0.15, 0.2) is 5.78 Å². The van der Waals surface area contributed by atoms with Crippen LogP contribution in [0.15, 0.2) is 15.3 Å². The Bertz CT molecular complexity index is 713. The molecule has 1 N–H and O–H groups in total. The normalized spacial score (nSPS) is 32.6. The average molecular weight is 318 g/mol. The number of aliphatic hydroxyl groups is 1. The van der Waals surface area contributed by atoms with Crippen molar-refractivity contribution in [1.29, 1.82) is 0 Å². The van der Waals surface area contributed by atoms with Crippen molar-refractivity contribution in [3.8, 4) is 0 Å². The average Bonchev–Trinajstić information content (AvgIpc) is 2.46. The number of fused-ring (bicyclic) bond motifs is 3. The van der Waals surface area contributed by atoms with E-state index >= 15 is 0 Å². The van der Waals surface area contributed by atoms with Crippen molar-refractivity contribution in [3.63, 3.8) is 0 Å². The molecule has 0 bridgehead atoms. The number of hydrogen-bond donors (Lipinski definition) is 1. The van der Waals surface area contributed by atoms with Gasteiger partial charge in [0.1, 0.15) is 5.76 Å². The van der Waals surface area contributed by atoms with E-state index in [0.29, 0.717) is 29.7 Å². The SMILES string of the molecule is CC(C)c1cc2c(oc1=O)[C@@]1(C)CC[C@H](O)C(C)(C)[C@@H]1CC2=O. The number of carbonyl (C=O) groups is 1. The van der Waals surface area contributed by atoms with Gasteiger partial charge < -0.3 is 9.52 Å². The highest BCUT2D eigenvalue weighted by Gasteiger charge is 2.56. The molecule has 0 amide bonds. The summed E-state index contributed by atoms with van der Waals surface area (Å²) in [6, 6.07) is 1.74. The minimum atomic E-state index is -0.434. The van der Waals surface area contributed by atoms with E-state index in [2.05, 4.69) is 6.92 Å². The Morgan fingerprint density at radius 1 is 1.26 bits per heavy atom. The van der Waals surface area contributed by atoms with Crippen molar-refractivity contribution < 1.29 is 14.3 Å². The fourth-order valence-corrected chi connectivity index (χ4v) is 4.61. The van der Waals surface area contributed by atoms with Crippen molar-refractivity contribution in [3.05, 3.63) is 33.4 Å². The molecule has 0 aliphatic heterocycles. The number of rotatable bonds is 1. The molecule has 0 aromatic carbocycles. The third kappa shape index (κ3) is 2.22. The van der Waals surface area contributed by atoms with Gasteiger partial charge in [-0.05, 0) is 36.2 Å². The van der Waals surface area contributed by atoms with E-state index in [1.807, 2.05) is 27.7 Å². The Morgan fingerprint density at radius 3 is 2.52 bits per heavy atom. The van der Waals surface area contributed by atoms with Crippen LogP contribution in [0.2, 0.25) is 0 Å². The molecule has 2 aliphatic carbocycles. The third-order valence-electron chi connectivity index (χ3n) is 6.27. The summed E-state index contributed by atoms with van der Waals surface area (Å²) in [4.78, 5) is 25.1. The predicted molar refractivity (Wildman–Crippen MR) is 87.9 cm³/mol. The highest BCUT2D eigenvalue weighted by Crippen LogP contribution is 2.56. The molecule has 4 heteroatoms. The van der Waals surface area contributed by atoms with Crippen LogP contribution in [0.4, 0.5) is 0 Å². The molecule has 3 rings (SSSR count). The summed E-state index contributed by atoms with van der Waals surface area (Å²) >= 11 is 0. The summed E-state index contributed by atoms with van der Waals surface area (Å²) in [7, 11) is 0. The Balaban J connectivity index is 2.22. The zero-order valence-corrected chi connectivity index (χ0v) is 14.6. The van der Waals surface area contributed by atoms with Gasteiger partial charge in [0.25, 0.3) is 0 Å². The lowest BCUT2D eigenvalue weighted by molar-refractivity contribution is -0.0748. The summed E-state index contributed by atoms with van der Waals surface area (Å²) in [5, 5.41) is 10.4. The first kappa shape index (κ1) is 16.4. The monoisotopic (exact) mass is 318 g/mol. The van der Waals surface area contributed by atoms with E-state index in [-0.39, 0.29) is 34.1 Å². The minimum Gasteiger partial charge on any atom is -0.426 e. The van der Waals surface area contributed by atoms with Crippen LogP contribution in [0.5, 0.6) is 0 Å². The smallest absolute Gasteiger partial charge is 0.339 e. The molecule has 126 valence electrons. The molecule has 0 saturated heterocycles. The summed E-state index contributed by atoms with van der Waals surface area (Å²) in [6.45, 7) is 9.96. The Labute approximate surface area is 136 Å².